The van der Waals surface area contributed by atoms with Crippen LogP contribution in [-0.2, 0) is 9.59 Å². The first-order valence-electron chi connectivity index (χ1n) is 8.22. The molecule has 1 aromatic heterocycles. The Bertz CT molecular complexity index is 721. The Labute approximate surface area is 141 Å². The number of carbonyl (C=O) groups excluding carboxylic acids is 3. The number of hydrogen-bond donors (Lipinski definition) is 3. The highest BCUT2D eigenvalue weighted by molar-refractivity contribution is 6.36. The number of aromatic nitrogens is 1. The number of benzene rings is 1. The first-order valence-corrected chi connectivity index (χ1v) is 8.22. The average molecular weight is 329 g/mol. The number of nitrogens with one attached hydrogen (secondary N) is 3. The van der Waals surface area contributed by atoms with E-state index in [0.29, 0.717) is 18.5 Å². The molecule has 0 bridgehead atoms. The molecule has 0 unspecified atom stereocenters. The molecule has 6 nitrogen and oxygen atoms in total. The van der Waals surface area contributed by atoms with E-state index in [1.807, 2.05) is 30.5 Å². The molecular formula is C18H23N3O3. The quantitative estimate of drug-likeness (QED) is 0.486. The maximum Gasteiger partial charge on any atom is 0.287 e. The number of ketones is 1. The zero-order chi connectivity index (χ0) is 17.4. The third-order valence-corrected chi connectivity index (χ3v) is 3.91. The number of aromatic amines is 1. The van der Waals surface area contributed by atoms with Gasteiger partial charge in [-0.25, -0.2) is 0 Å². The van der Waals surface area contributed by atoms with Crippen LogP contribution in [0, 0.1) is 0 Å². The summed E-state index contributed by atoms with van der Waals surface area (Å²) < 4.78 is 0. The number of rotatable bonds is 9. The molecule has 1 aromatic carbocycles. The summed E-state index contributed by atoms with van der Waals surface area (Å²) in [6.07, 6.45) is 5.46. The molecule has 0 radical (unpaired) electrons. The zero-order valence-electron chi connectivity index (χ0n) is 13.9. The first-order chi connectivity index (χ1) is 11.6. The van der Waals surface area contributed by atoms with Crippen LogP contribution in [-0.4, -0.2) is 36.2 Å². The van der Waals surface area contributed by atoms with E-state index in [4.69, 9.17) is 0 Å². The van der Waals surface area contributed by atoms with Crippen LogP contribution in [0.5, 0.6) is 0 Å². The van der Waals surface area contributed by atoms with Gasteiger partial charge in [-0.15, -0.1) is 0 Å². The monoisotopic (exact) mass is 329 g/mol. The number of carbonyl (C=O) groups is 3. The summed E-state index contributed by atoms with van der Waals surface area (Å²) in [5.74, 6) is -0.979. The van der Waals surface area contributed by atoms with Gasteiger partial charge in [0.05, 0.1) is 0 Å². The number of Topliss-reactive ketones (excluding diaryl/α,β-unsaturated/α-hetero) is 1. The van der Waals surface area contributed by atoms with Gasteiger partial charge in [0, 0.05) is 37.3 Å². The number of hydrogen-bond acceptors (Lipinski definition) is 3. The molecule has 2 amide bonds. The summed E-state index contributed by atoms with van der Waals surface area (Å²) in [5.41, 5.74) is 1.59. The molecule has 0 fully saturated rings. The Morgan fingerprint density at radius 1 is 1.04 bits per heavy atom. The van der Waals surface area contributed by atoms with E-state index in [1.165, 1.54) is 7.05 Å². The van der Waals surface area contributed by atoms with Gasteiger partial charge in [-0.05, 0) is 36.4 Å². The fourth-order valence-corrected chi connectivity index (χ4v) is 2.51. The van der Waals surface area contributed by atoms with Crippen LogP contribution in [0.3, 0.4) is 0 Å². The predicted octanol–water partition coefficient (Wildman–Crippen LogP) is 2.16. The van der Waals surface area contributed by atoms with Gasteiger partial charge in [-0.2, -0.15) is 0 Å². The lowest BCUT2D eigenvalue weighted by molar-refractivity contribution is -0.137. The van der Waals surface area contributed by atoms with Gasteiger partial charge in [0.15, 0.2) is 0 Å². The van der Waals surface area contributed by atoms with E-state index in [1.54, 1.807) is 0 Å². The van der Waals surface area contributed by atoms with Crippen molar-refractivity contribution in [1.82, 2.24) is 15.6 Å². The lowest BCUT2D eigenvalue weighted by atomic mass is 10.1. The molecule has 0 saturated carbocycles. The minimum Gasteiger partial charge on any atom is -0.361 e. The zero-order valence-corrected chi connectivity index (χ0v) is 13.9. The van der Waals surface area contributed by atoms with E-state index in [0.717, 1.165) is 30.2 Å². The number of amides is 2. The van der Waals surface area contributed by atoms with Crippen molar-refractivity contribution in [3.05, 3.63) is 36.0 Å². The molecular weight excluding hydrogens is 306 g/mol. The number of H-pyrrole nitrogens is 1. The van der Waals surface area contributed by atoms with E-state index in [9.17, 15) is 14.4 Å². The average Bonchev–Trinajstić information content (AvgIpc) is 3.07. The van der Waals surface area contributed by atoms with E-state index < -0.39 is 5.91 Å². The standard InChI is InChI=1S/C18H23N3O3/c1-19-18(24)16(22)6-4-2-3-5-10-21-17(23)14-8-7-13-9-11-20-15(13)12-14/h7-9,11-12,20H,2-6,10H2,1H3,(H,19,24)(H,21,23). The second kappa shape index (κ2) is 8.86. The van der Waals surface area contributed by atoms with Crippen LogP contribution in [0.25, 0.3) is 10.9 Å². The number of likely N-dealkylation sites (N-methyl/N-ethyl adjacent to an activating group) is 1. The normalized spacial score (nSPS) is 10.5. The molecule has 3 N–H and O–H groups in total. The molecule has 0 atom stereocenters. The Kier molecular flexibility index (Phi) is 6.54. The molecule has 2 aromatic rings. The summed E-state index contributed by atoms with van der Waals surface area (Å²) in [4.78, 5) is 37.5. The van der Waals surface area contributed by atoms with Crippen LogP contribution < -0.4 is 10.6 Å². The first kappa shape index (κ1) is 17.7. The number of fused-ring (bicyclic) bond motifs is 1. The molecule has 0 saturated heterocycles. The van der Waals surface area contributed by atoms with Crippen LogP contribution in [0.1, 0.15) is 42.5 Å². The van der Waals surface area contributed by atoms with Gasteiger partial charge >= 0.3 is 0 Å². The lowest BCUT2D eigenvalue weighted by Crippen LogP contribution is -2.27. The Morgan fingerprint density at radius 3 is 2.62 bits per heavy atom. The van der Waals surface area contributed by atoms with Crippen molar-refractivity contribution in [3.63, 3.8) is 0 Å². The van der Waals surface area contributed by atoms with Crippen LogP contribution in [0.4, 0.5) is 0 Å². The van der Waals surface area contributed by atoms with E-state index >= 15 is 0 Å². The maximum absolute atomic E-state index is 12.1. The van der Waals surface area contributed by atoms with Gasteiger partial charge < -0.3 is 15.6 Å². The molecule has 1 heterocycles. The second-order valence-electron chi connectivity index (χ2n) is 5.70. The summed E-state index contributed by atoms with van der Waals surface area (Å²) in [6, 6.07) is 7.54. The molecule has 6 heteroatoms. The highest BCUT2D eigenvalue weighted by Gasteiger charge is 2.10. The fraction of sp³-hybridized carbons (Fsp3) is 0.389. The molecule has 24 heavy (non-hydrogen) atoms. The van der Waals surface area contributed by atoms with Crippen molar-refractivity contribution >= 4 is 28.5 Å². The third-order valence-electron chi connectivity index (χ3n) is 3.91. The number of unbranched alkanes of at least 4 members (excludes halogenated alkanes) is 3. The topological polar surface area (TPSA) is 91.1 Å². The third kappa shape index (κ3) is 4.94. The van der Waals surface area contributed by atoms with Crippen molar-refractivity contribution in [2.45, 2.75) is 32.1 Å². The van der Waals surface area contributed by atoms with Gasteiger partial charge in [0.1, 0.15) is 0 Å². The largest absolute Gasteiger partial charge is 0.361 e. The summed E-state index contributed by atoms with van der Waals surface area (Å²) in [5, 5.41) is 6.31. The summed E-state index contributed by atoms with van der Waals surface area (Å²) >= 11 is 0. The van der Waals surface area contributed by atoms with Gasteiger partial charge in [0.25, 0.3) is 11.8 Å². The Balaban J connectivity index is 1.61. The lowest BCUT2D eigenvalue weighted by Gasteiger charge is -2.05. The minimum absolute atomic E-state index is 0.0821. The summed E-state index contributed by atoms with van der Waals surface area (Å²) in [7, 11) is 1.45. The van der Waals surface area contributed by atoms with E-state index in [-0.39, 0.29) is 18.1 Å². The highest BCUT2D eigenvalue weighted by Crippen LogP contribution is 2.14. The highest BCUT2D eigenvalue weighted by atomic mass is 16.2. The van der Waals surface area contributed by atoms with Gasteiger partial charge in [-0.1, -0.05) is 18.9 Å². The van der Waals surface area contributed by atoms with Crippen LogP contribution >= 0.6 is 0 Å². The van der Waals surface area contributed by atoms with E-state index in [2.05, 4.69) is 15.6 Å². The molecule has 0 aliphatic carbocycles. The van der Waals surface area contributed by atoms with Crippen molar-refractivity contribution in [1.29, 1.82) is 0 Å². The SMILES string of the molecule is CNC(=O)C(=O)CCCCCCNC(=O)c1ccc2cc[nH]c2c1. The Hall–Kier alpha value is -2.63. The van der Waals surface area contributed by atoms with Gasteiger partial charge in [0.2, 0.25) is 5.78 Å². The second-order valence-corrected chi connectivity index (χ2v) is 5.70. The van der Waals surface area contributed by atoms with Crippen molar-refractivity contribution in [2.24, 2.45) is 0 Å². The molecule has 2 rings (SSSR count). The maximum atomic E-state index is 12.1. The Morgan fingerprint density at radius 2 is 1.83 bits per heavy atom. The molecule has 0 spiro atoms. The predicted molar refractivity (Wildman–Crippen MR) is 92.8 cm³/mol. The fourth-order valence-electron chi connectivity index (χ4n) is 2.51. The van der Waals surface area contributed by atoms with Crippen LogP contribution in [0.2, 0.25) is 0 Å². The molecule has 128 valence electrons. The summed E-state index contributed by atoms with van der Waals surface area (Å²) in [6.45, 7) is 0.602. The van der Waals surface area contributed by atoms with Crippen molar-refractivity contribution < 1.29 is 14.4 Å². The van der Waals surface area contributed by atoms with Crippen molar-refractivity contribution in [3.8, 4) is 0 Å². The molecule has 0 aliphatic rings. The van der Waals surface area contributed by atoms with Crippen LogP contribution in [0.15, 0.2) is 30.5 Å². The smallest absolute Gasteiger partial charge is 0.287 e. The minimum atomic E-state index is -0.527. The molecule has 0 aliphatic heterocycles. The van der Waals surface area contributed by atoms with Crippen molar-refractivity contribution in [2.75, 3.05) is 13.6 Å². The van der Waals surface area contributed by atoms with Gasteiger partial charge in [-0.3, -0.25) is 14.4 Å².